The number of piperidine rings is 1. The van der Waals surface area contributed by atoms with Gasteiger partial charge in [-0.05, 0) is 56.4 Å². The predicted octanol–water partition coefficient (Wildman–Crippen LogP) is 4.34. The van der Waals surface area contributed by atoms with E-state index < -0.39 is 0 Å². The average Bonchev–Trinajstić information content (AvgIpc) is 3.01. The number of likely N-dealkylation sites (tertiary alicyclic amines) is 1. The van der Waals surface area contributed by atoms with Gasteiger partial charge < -0.3 is 9.47 Å². The second-order valence-electron chi connectivity index (χ2n) is 7.64. The van der Waals surface area contributed by atoms with E-state index in [1.54, 1.807) is 0 Å². The Kier molecular flexibility index (Phi) is 4.97. The quantitative estimate of drug-likeness (QED) is 0.693. The van der Waals surface area contributed by atoms with Crippen LogP contribution in [0.3, 0.4) is 0 Å². The Morgan fingerprint density at radius 1 is 1.11 bits per heavy atom. The Morgan fingerprint density at radius 2 is 1.89 bits per heavy atom. The third-order valence-electron chi connectivity index (χ3n) is 5.76. The number of imidazole rings is 1. The van der Waals surface area contributed by atoms with E-state index in [9.17, 15) is 4.79 Å². The summed E-state index contributed by atoms with van der Waals surface area (Å²) in [6.07, 6.45) is 4.17. The van der Waals surface area contributed by atoms with Crippen LogP contribution in [0.25, 0.3) is 11.0 Å². The summed E-state index contributed by atoms with van der Waals surface area (Å²) < 4.78 is 2.12. The molecule has 1 saturated heterocycles. The summed E-state index contributed by atoms with van der Waals surface area (Å²) in [7, 11) is 0. The molecule has 1 aliphatic heterocycles. The molecule has 2 aromatic carbocycles. The number of para-hydroxylation sites is 2. The van der Waals surface area contributed by atoms with Gasteiger partial charge in [-0.3, -0.25) is 4.79 Å². The van der Waals surface area contributed by atoms with E-state index in [-0.39, 0.29) is 5.91 Å². The van der Waals surface area contributed by atoms with Crippen molar-refractivity contribution in [3.8, 4) is 0 Å². The van der Waals surface area contributed by atoms with Crippen LogP contribution in [0.15, 0.2) is 48.5 Å². The van der Waals surface area contributed by atoms with Crippen LogP contribution in [0.2, 0.25) is 0 Å². The molecule has 140 valence electrons. The van der Waals surface area contributed by atoms with Crippen molar-refractivity contribution in [1.82, 2.24) is 14.5 Å². The monoisotopic (exact) mass is 361 g/mol. The lowest BCUT2D eigenvalue weighted by Gasteiger charge is -2.33. The van der Waals surface area contributed by atoms with Crippen molar-refractivity contribution in [2.24, 2.45) is 0 Å². The predicted molar refractivity (Wildman–Crippen MR) is 109 cm³/mol. The van der Waals surface area contributed by atoms with E-state index in [2.05, 4.69) is 53.6 Å². The van der Waals surface area contributed by atoms with Crippen LogP contribution < -0.4 is 0 Å². The zero-order valence-electron chi connectivity index (χ0n) is 16.2. The zero-order valence-corrected chi connectivity index (χ0v) is 16.2. The number of carbonyl (C=O) groups excluding carboxylic acids is 1. The first-order valence-corrected chi connectivity index (χ1v) is 9.91. The summed E-state index contributed by atoms with van der Waals surface area (Å²) in [6, 6.07) is 16.9. The molecule has 0 bridgehead atoms. The first-order chi connectivity index (χ1) is 13.1. The number of carbonyl (C=O) groups is 1. The number of aryl methyl sites for hydroxylation is 1. The molecule has 4 nitrogen and oxygen atoms in total. The first-order valence-electron chi connectivity index (χ1n) is 9.91. The zero-order chi connectivity index (χ0) is 18.8. The van der Waals surface area contributed by atoms with Crippen LogP contribution in [-0.4, -0.2) is 32.9 Å². The van der Waals surface area contributed by atoms with Gasteiger partial charge in [-0.25, -0.2) is 4.98 Å². The summed E-state index contributed by atoms with van der Waals surface area (Å²) in [6.45, 7) is 5.53. The summed E-state index contributed by atoms with van der Waals surface area (Å²) in [4.78, 5) is 20.0. The van der Waals surface area contributed by atoms with Gasteiger partial charge in [-0.15, -0.1) is 0 Å². The highest BCUT2D eigenvalue weighted by molar-refractivity contribution is 5.81. The van der Waals surface area contributed by atoms with Crippen molar-refractivity contribution in [2.75, 3.05) is 6.54 Å². The Morgan fingerprint density at radius 3 is 2.70 bits per heavy atom. The van der Waals surface area contributed by atoms with E-state index in [0.29, 0.717) is 12.6 Å². The van der Waals surface area contributed by atoms with Crippen LogP contribution in [0.1, 0.15) is 43.1 Å². The third kappa shape index (κ3) is 3.61. The van der Waals surface area contributed by atoms with E-state index in [0.717, 1.165) is 42.7 Å². The second kappa shape index (κ2) is 7.55. The molecule has 0 saturated carbocycles. The van der Waals surface area contributed by atoms with Crippen LogP contribution in [0.5, 0.6) is 0 Å². The van der Waals surface area contributed by atoms with E-state index in [4.69, 9.17) is 4.98 Å². The van der Waals surface area contributed by atoms with E-state index >= 15 is 0 Å². The minimum atomic E-state index is 0.205. The fourth-order valence-corrected chi connectivity index (χ4v) is 4.11. The molecule has 0 aliphatic carbocycles. The van der Waals surface area contributed by atoms with Gasteiger partial charge in [-0.2, -0.15) is 0 Å². The molecule has 0 N–H and O–H groups in total. The lowest BCUT2D eigenvalue weighted by atomic mass is 10.0. The molecule has 4 heteroatoms. The molecule has 1 atom stereocenters. The average molecular weight is 361 g/mol. The maximum Gasteiger partial charge on any atom is 0.242 e. The molecule has 1 fully saturated rings. The third-order valence-corrected chi connectivity index (χ3v) is 5.76. The molecule has 2 heterocycles. The standard InChI is InChI=1S/C23H27N3O/c1-17-9-3-4-11-19(17)15-22-24-20-12-5-6-13-21(20)26(22)16-23(27)25-14-8-7-10-18(25)2/h3-6,9,11-13,18H,7-8,10,14-16H2,1-2H3. The van der Waals surface area contributed by atoms with Crippen molar-refractivity contribution in [2.45, 2.75) is 52.1 Å². The van der Waals surface area contributed by atoms with Crippen molar-refractivity contribution >= 4 is 16.9 Å². The lowest BCUT2D eigenvalue weighted by molar-refractivity contribution is -0.135. The number of nitrogens with zero attached hydrogens (tertiary/aromatic N) is 3. The van der Waals surface area contributed by atoms with Gasteiger partial charge in [0.15, 0.2) is 0 Å². The number of rotatable bonds is 4. The fourth-order valence-electron chi connectivity index (χ4n) is 4.11. The maximum absolute atomic E-state index is 13.1. The van der Waals surface area contributed by atoms with Crippen molar-refractivity contribution in [1.29, 1.82) is 0 Å². The summed E-state index contributed by atoms with van der Waals surface area (Å²) in [5.74, 6) is 1.17. The molecule has 0 spiro atoms. The van der Waals surface area contributed by atoms with Crippen LogP contribution in [0.4, 0.5) is 0 Å². The molecule has 1 amide bonds. The van der Waals surface area contributed by atoms with Crippen LogP contribution >= 0.6 is 0 Å². The van der Waals surface area contributed by atoms with Gasteiger partial charge in [0.05, 0.1) is 11.0 Å². The molecular weight excluding hydrogens is 334 g/mol. The molecule has 4 rings (SSSR count). The molecule has 27 heavy (non-hydrogen) atoms. The SMILES string of the molecule is Cc1ccccc1Cc1nc2ccccc2n1CC(=O)N1CCCCC1C. The minimum absolute atomic E-state index is 0.205. The second-order valence-corrected chi connectivity index (χ2v) is 7.64. The molecule has 1 aromatic heterocycles. The van der Waals surface area contributed by atoms with Crippen LogP contribution in [0, 0.1) is 6.92 Å². The van der Waals surface area contributed by atoms with Crippen LogP contribution in [-0.2, 0) is 17.8 Å². The van der Waals surface area contributed by atoms with Gasteiger partial charge in [-0.1, -0.05) is 36.4 Å². The van der Waals surface area contributed by atoms with E-state index in [1.165, 1.54) is 17.5 Å². The number of hydrogen-bond donors (Lipinski definition) is 0. The Bertz CT molecular complexity index is 959. The summed E-state index contributed by atoms with van der Waals surface area (Å²) >= 11 is 0. The Balaban J connectivity index is 1.68. The maximum atomic E-state index is 13.1. The van der Waals surface area contributed by atoms with E-state index in [1.807, 2.05) is 18.2 Å². The number of fused-ring (bicyclic) bond motifs is 1. The summed E-state index contributed by atoms with van der Waals surface area (Å²) in [5.41, 5.74) is 4.51. The van der Waals surface area contributed by atoms with Gasteiger partial charge in [0.1, 0.15) is 12.4 Å². The fraction of sp³-hybridized carbons (Fsp3) is 0.391. The number of aromatic nitrogens is 2. The van der Waals surface area contributed by atoms with Gasteiger partial charge in [0.25, 0.3) is 0 Å². The number of amides is 1. The highest BCUT2D eigenvalue weighted by Crippen LogP contribution is 2.22. The topological polar surface area (TPSA) is 38.1 Å². The largest absolute Gasteiger partial charge is 0.338 e. The van der Waals surface area contributed by atoms with Crippen molar-refractivity contribution in [3.63, 3.8) is 0 Å². The van der Waals surface area contributed by atoms with Crippen molar-refractivity contribution < 1.29 is 4.79 Å². The highest BCUT2D eigenvalue weighted by atomic mass is 16.2. The Hall–Kier alpha value is -2.62. The molecule has 1 unspecified atom stereocenters. The molecule has 0 radical (unpaired) electrons. The first kappa shape index (κ1) is 17.8. The number of hydrogen-bond acceptors (Lipinski definition) is 2. The minimum Gasteiger partial charge on any atom is -0.338 e. The number of benzene rings is 2. The van der Waals surface area contributed by atoms with Gasteiger partial charge in [0.2, 0.25) is 5.91 Å². The smallest absolute Gasteiger partial charge is 0.242 e. The van der Waals surface area contributed by atoms with Gasteiger partial charge in [0, 0.05) is 19.0 Å². The highest BCUT2D eigenvalue weighted by Gasteiger charge is 2.24. The molecule has 1 aliphatic rings. The van der Waals surface area contributed by atoms with Crippen molar-refractivity contribution in [3.05, 3.63) is 65.5 Å². The Labute approximate surface area is 160 Å². The lowest BCUT2D eigenvalue weighted by Crippen LogP contribution is -2.43. The molecule has 3 aromatic rings. The molecular formula is C23H27N3O. The normalized spacial score (nSPS) is 17.4. The van der Waals surface area contributed by atoms with Gasteiger partial charge >= 0.3 is 0 Å². The summed E-state index contributed by atoms with van der Waals surface area (Å²) in [5, 5.41) is 0.